The van der Waals surface area contributed by atoms with E-state index in [0.717, 1.165) is 12.1 Å². The van der Waals surface area contributed by atoms with Crippen molar-refractivity contribution in [2.45, 2.75) is 37.4 Å². The van der Waals surface area contributed by atoms with Gasteiger partial charge >= 0.3 is 6.18 Å². The Kier molecular flexibility index (Phi) is 4.34. The number of carbonyl (C=O) groups is 1. The molecule has 0 radical (unpaired) electrons. The third kappa shape index (κ3) is 3.33. The third-order valence-corrected chi connectivity index (χ3v) is 5.09. The molecule has 146 valence electrons. The average molecular weight is 391 g/mol. The highest BCUT2D eigenvalue weighted by Gasteiger charge is 2.50. The van der Waals surface area contributed by atoms with Crippen molar-refractivity contribution < 1.29 is 23.1 Å². The fraction of sp³-hybridized carbons (Fsp3) is 0.444. The van der Waals surface area contributed by atoms with Crippen LogP contribution >= 0.6 is 0 Å². The van der Waals surface area contributed by atoms with Gasteiger partial charge in [0.15, 0.2) is 11.4 Å². The van der Waals surface area contributed by atoms with E-state index in [0.29, 0.717) is 29.4 Å². The summed E-state index contributed by atoms with van der Waals surface area (Å²) >= 11 is 0. The Hall–Kier alpha value is -2.93. The molecule has 0 unspecified atom stereocenters. The Morgan fingerprint density at radius 3 is 2.96 bits per heavy atom. The van der Waals surface area contributed by atoms with Gasteiger partial charge in [0.25, 0.3) is 5.91 Å². The van der Waals surface area contributed by atoms with Gasteiger partial charge in [-0.3, -0.25) is 4.79 Å². The van der Waals surface area contributed by atoms with Crippen LogP contribution in [-0.4, -0.2) is 44.6 Å². The van der Waals surface area contributed by atoms with Crippen molar-refractivity contribution in [2.75, 3.05) is 6.61 Å². The van der Waals surface area contributed by atoms with Crippen LogP contribution in [0.4, 0.5) is 18.9 Å². The van der Waals surface area contributed by atoms with Gasteiger partial charge in [-0.1, -0.05) is 0 Å². The highest BCUT2D eigenvalue weighted by molar-refractivity contribution is 5.94. The summed E-state index contributed by atoms with van der Waals surface area (Å²) in [5.74, 6) is 0.288. The lowest BCUT2D eigenvalue weighted by molar-refractivity contribution is -0.141. The van der Waals surface area contributed by atoms with Gasteiger partial charge in [0.05, 0.1) is 31.3 Å². The Bertz CT molecular complexity index is 979. The highest BCUT2D eigenvalue weighted by Crippen LogP contribution is 2.57. The van der Waals surface area contributed by atoms with E-state index in [2.05, 4.69) is 20.2 Å². The van der Waals surface area contributed by atoms with E-state index in [-0.39, 0.29) is 11.6 Å². The van der Waals surface area contributed by atoms with Gasteiger partial charge in [-0.25, -0.2) is 14.5 Å². The number of hydrogen-bond acceptors (Lipinski definition) is 4. The minimum Gasteiger partial charge on any atom is -0.394 e. The maximum Gasteiger partial charge on any atom is 0.391 e. The van der Waals surface area contributed by atoms with Crippen molar-refractivity contribution in [3.8, 4) is 5.82 Å². The van der Waals surface area contributed by atoms with Crippen LogP contribution in [-0.2, 0) is 6.42 Å². The number of aliphatic hydroxyl groups excluding tert-OH is 1. The molecule has 1 fully saturated rings. The van der Waals surface area contributed by atoms with Crippen LogP contribution < -0.4 is 5.32 Å². The SMILES string of the molecule is [C-]#[N+]c1ccnc(-n2nc(C(=O)N[C@H](CO)CC(F)(F)F)c3c2[C@@H]2C[C@@H]2C3)c1. The standard InChI is InChI=1S/C18H16F3N5O2/c1-22-10-2-3-23-14(6-10)26-16-12-4-9(12)5-13(16)15(25-26)17(28)24-11(8-27)7-18(19,20)21/h2-3,6,9,11-12,27H,4-5,7-8H2,(H,24,28)/t9-,11+,12-/m1/s1. The molecule has 7 nitrogen and oxygen atoms in total. The molecule has 0 bridgehead atoms. The first-order chi connectivity index (χ1) is 13.3. The number of amides is 1. The van der Waals surface area contributed by atoms with Crippen LogP contribution in [0.2, 0.25) is 0 Å². The number of hydrogen-bond donors (Lipinski definition) is 2. The van der Waals surface area contributed by atoms with E-state index in [1.807, 2.05) is 0 Å². The molecule has 0 aliphatic heterocycles. The zero-order valence-corrected chi connectivity index (χ0v) is 14.6. The molecule has 4 rings (SSSR count). The van der Waals surface area contributed by atoms with Crippen molar-refractivity contribution in [1.82, 2.24) is 20.1 Å². The molecule has 2 aliphatic rings. The van der Waals surface area contributed by atoms with Crippen molar-refractivity contribution in [1.29, 1.82) is 0 Å². The third-order valence-electron chi connectivity index (χ3n) is 5.09. The summed E-state index contributed by atoms with van der Waals surface area (Å²) in [5.41, 5.74) is 1.97. The first kappa shape index (κ1) is 18.4. The summed E-state index contributed by atoms with van der Waals surface area (Å²) in [6.45, 7) is 6.31. The zero-order chi connectivity index (χ0) is 20.1. The number of rotatable bonds is 5. The number of carbonyl (C=O) groups excluding carboxylic acids is 1. The summed E-state index contributed by atoms with van der Waals surface area (Å²) in [7, 11) is 0. The van der Waals surface area contributed by atoms with Gasteiger partial charge in [-0.05, 0) is 30.9 Å². The number of nitrogens with one attached hydrogen (secondary N) is 1. The van der Waals surface area contributed by atoms with Crippen molar-refractivity contribution in [2.24, 2.45) is 5.92 Å². The van der Waals surface area contributed by atoms with Gasteiger partial charge in [0, 0.05) is 17.7 Å². The predicted molar refractivity (Wildman–Crippen MR) is 91.2 cm³/mol. The van der Waals surface area contributed by atoms with Gasteiger partial charge < -0.3 is 10.4 Å². The number of pyridine rings is 1. The van der Waals surface area contributed by atoms with Crippen LogP contribution in [0, 0.1) is 12.5 Å². The normalized spacial score (nSPS) is 20.8. The number of aromatic nitrogens is 3. The molecule has 1 saturated carbocycles. The van der Waals surface area contributed by atoms with E-state index in [9.17, 15) is 23.1 Å². The zero-order valence-electron chi connectivity index (χ0n) is 14.6. The Balaban J connectivity index is 1.67. The number of halogens is 3. The summed E-state index contributed by atoms with van der Waals surface area (Å²) in [4.78, 5) is 20.2. The molecule has 0 spiro atoms. The van der Waals surface area contributed by atoms with Crippen LogP contribution in [0.3, 0.4) is 0 Å². The second-order valence-electron chi connectivity index (χ2n) is 7.09. The Morgan fingerprint density at radius 1 is 1.50 bits per heavy atom. The number of alkyl halides is 3. The smallest absolute Gasteiger partial charge is 0.391 e. The van der Waals surface area contributed by atoms with Crippen LogP contribution in [0.25, 0.3) is 10.7 Å². The molecule has 0 aromatic carbocycles. The largest absolute Gasteiger partial charge is 0.394 e. The topological polar surface area (TPSA) is 84.4 Å². The molecule has 2 aromatic heterocycles. The number of aliphatic hydroxyl groups is 1. The molecule has 2 aliphatic carbocycles. The second-order valence-corrected chi connectivity index (χ2v) is 7.09. The Labute approximate surface area is 158 Å². The molecule has 1 amide bonds. The minimum absolute atomic E-state index is 0.0536. The van der Waals surface area contributed by atoms with Crippen molar-refractivity contribution in [3.05, 3.63) is 46.7 Å². The molecular formula is C18H16F3N5O2. The monoisotopic (exact) mass is 391 g/mol. The molecule has 2 N–H and O–H groups in total. The van der Waals surface area contributed by atoms with Crippen LogP contribution in [0.1, 0.15) is 40.5 Å². The lowest BCUT2D eigenvalue weighted by Gasteiger charge is -2.17. The van der Waals surface area contributed by atoms with E-state index in [1.165, 1.54) is 10.9 Å². The van der Waals surface area contributed by atoms with Crippen LogP contribution in [0.15, 0.2) is 18.3 Å². The first-order valence-electron chi connectivity index (χ1n) is 8.75. The lowest BCUT2D eigenvalue weighted by Crippen LogP contribution is -2.41. The first-order valence-corrected chi connectivity index (χ1v) is 8.75. The van der Waals surface area contributed by atoms with Gasteiger partial charge in [0.2, 0.25) is 0 Å². The predicted octanol–water partition coefficient (Wildman–Crippen LogP) is 2.52. The maximum atomic E-state index is 12.6. The van der Waals surface area contributed by atoms with Gasteiger partial charge in [-0.15, -0.1) is 0 Å². The van der Waals surface area contributed by atoms with E-state index in [4.69, 9.17) is 6.57 Å². The second kappa shape index (κ2) is 6.60. The fourth-order valence-corrected chi connectivity index (χ4v) is 3.76. The van der Waals surface area contributed by atoms with Crippen molar-refractivity contribution >= 4 is 11.6 Å². The minimum atomic E-state index is -4.51. The molecule has 0 saturated heterocycles. The fourth-order valence-electron chi connectivity index (χ4n) is 3.76. The van der Waals surface area contributed by atoms with Gasteiger partial charge in [-0.2, -0.15) is 18.3 Å². The quantitative estimate of drug-likeness (QED) is 0.768. The lowest BCUT2D eigenvalue weighted by atomic mass is 10.1. The Morgan fingerprint density at radius 2 is 2.29 bits per heavy atom. The maximum absolute atomic E-state index is 12.6. The average Bonchev–Trinajstić information content (AvgIpc) is 3.15. The van der Waals surface area contributed by atoms with Crippen molar-refractivity contribution in [3.63, 3.8) is 0 Å². The van der Waals surface area contributed by atoms with E-state index in [1.54, 1.807) is 12.1 Å². The summed E-state index contributed by atoms with van der Waals surface area (Å²) in [6.07, 6.45) is -2.75. The summed E-state index contributed by atoms with van der Waals surface area (Å²) in [6, 6.07) is 1.67. The molecule has 28 heavy (non-hydrogen) atoms. The molecule has 3 atom stereocenters. The van der Waals surface area contributed by atoms with E-state index < -0.39 is 31.2 Å². The molecule has 10 heteroatoms. The highest BCUT2D eigenvalue weighted by atomic mass is 19.4. The molecule has 2 heterocycles. The molecular weight excluding hydrogens is 375 g/mol. The van der Waals surface area contributed by atoms with Crippen LogP contribution in [0.5, 0.6) is 0 Å². The summed E-state index contributed by atoms with van der Waals surface area (Å²) < 4.78 is 39.3. The number of fused-ring (bicyclic) bond motifs is 3. The summed E-state index contributed by atoms with van der Waals surface area (Å²) in [5, 5.41) is 15.7. The number of nitrogens with zero attached hydrogens (tertiary/aromatic N) is 4. The van der Waals surface area contributed by atoms with Gasteiger partial charge in [0.1, 0.15) is 5.82 Å². The molecule has 2 aromatic rings. The van der Waals surface area contributed by atoms with E-state index >= 15 is 0 Å².